The Kier molecular flexibility index (Phi) is 5.21. The van der Waals surface area contributed by atoms with Gasteiger partial charge in [-0.05, 0) is 12.1 Å². The van der Waals surface area contributed by atoms with Crippen molar-refractivity contribution >= 4 is 24.0 Å². The van der Waals surface area contributed by atoms with Gasteiger partial charge in [-0.3, -0.25) is 4.79 Å². The van der Waals surface area contributed by atoms with Crippen LogP contribution >= 0.6 is 12.4 Å². The molecule has 6 heteroatoms. The fraction of sp³-hybridized carbons (Fsp3) is 0.364. The van der Waals surface area contributed by atoms with Gasteiger partial charge in [-0.15, -0.1) is 12.4 Å². The first-order chi connectivity index (χ1) is 7.77. The maximum atomic E-state index is 11.7. The van der Waals surface area contributed by atoms with Crippen molar-refractivity contribution in [1.29, 1.82) is 0 Å². The van der Waals surface area contributed by atoms with Crippen LogP contribution < -0.4 is 10.6 Å². The molecule has 1 atom stereocenters. The SMILES string of the molecule is Cl.O=C(Nc1ccccc1O)C1CNCCO1. The van der Waals surface area contributed by atoms with Crippen molar-refractivity contribution in [3.63, 3.8) is 0 Å². The van der Waals surface area contributed by atoms with Gasteiger partial charge in [0, 0.05) is 13.1 Å². The van der Waals surface area contributed by atoms with E-state index in [-0.39, 0.29) is 24.1 Å². The number of nitrogens with one attached hydrogen (secondary N) is 2. The summed E-state index contributed by atoms with van der Waals surface area (Å²) < 4.78 is 5.30. The van der Waals surface area contributed by atoms with Gasteiger partial charge in [0.15, 0.2) is 0 Å². The van der Waals surface area contributed by atoms with Crippen LogP contribution in [0.4, 0.5) is 5.69 Å². The molecule has 1 saturated heterocycles. The van der Waals surface area contributed by atoms with Crippen molar-refractivity contribution in [3.8, 4) is 5.75 Å². The monoisotopic (exact) mass is 258 g/mol. The summed E-state index contributed by atoms with van der Waals surface area (Å²) in [5, 5.41) is 15.2. The number of para-hydroxylation sites is 2. The molecule has 1 aliphatic rings. The van der Waals surface area contributed by atoms with E-state index in [4.69, 9.17) is 4.74 Å². The van der Waals surface area contributed by atoms with Crippen molar-refractivity contribution in [2.24, 2.45) is 0 Å². The number of benzene rings is 1. The number of amides is 1. The maximum Gasteiger partial charge on any atom is 0.254 e. The minimum atomic E-state index is -0.492. The number of hydrogen-bond acceptors (Lipinski definition) is 4. The molecule has 1 unspecified atom stereocenters. The second-order valence-corrected chi connectivity index (χ2v) is 3.57. The first-order valence-electron chi connectivity index (χ1n) is 5.18. The van der Waals surface area contributed by atoms with Gasteiger partial charge >= 0.3 is 0 Å². The normalized spacial score (nSPS) is 19.2. The van der Waals surface area contributed by atoms with Gasteiger partial charge in [-0.25, -0.2) is 0 Å². The smallest absolute Gasteiger partial charge is 0.254 e. The third-order valence-corrected chi connectivity index (χ3v) is 2.38. The largest absolute Gasteiger partial charge is 0.506 e. The minimum Gasteiger partial charge on any atom is -0.506 e. The molecule has 0 aromatic heterocycles. The van der Waals surface area contributed by atoms with Crippen LogP contribution in [0.2, 0.25) is 0 Å². The number of rotatable bonds is 2. The van der Waals surface area contributed by atoms with Gasteiger partial charge in [-0.1, -0.05) is 12.1 Å². The number of carbonyl (C=O) groups excluding carboxylic acids is 1. The van der Waals surface area contributed by atoms with Crippen molar-refractivity contribution in [1.82, 2.24) is 5.32 Å². The van der Waals surface area contributed by atoms with Gasteiger partial charge in [0.05, 0.1) is 12.3 Å². The molecule has 1 heterocycles. The Morgan fingerprint density at radius 1 is 1.47 bits per heavy atom. The number of anilines is 1. The fourth-order valence-electron chi connectivity index (χ4n) is 1.53. The Bertz CT molecular complexity index is 381. The summed E-state index contributed by atoms with van der Waals surface area (Å²) in [6.07, 6.45) is -0.492. The lowest BCUT2D eigenvalue weighted by Gasteiger charge is -2.22. The molecule has 0 spiro atoms. The summed E-state index contributed by atoms with van der Waals surface area (Å²) in [7, 11) is 0. The van der Waals surface area contributed by atoms with Crippen molar-refractivity contribution in [3.05, 3.63) is 24.3 Å². The van der Waals surface area contributed by atoms with Crippen LogP contribution in [0.25, 0.3) is 0 Å². The summed E-state index contributed by atoms with van der Waals surface area (Å²) in [4.78, 5) is 11.7. The van der Waals surface area contributed by atoms with Crippen LogP contribution in [0.3, 0.4) is 0 Å². The number of halogens is 1. The van der Waals surface area contributed by atoms with E-state index >= 15 is 0 Å². The summed E-state index contributed by atoms with van der Waals surface area (Å²) in [6, 6.07) is 6.61. The second-order valence-electron chi connectivity index (χ2n) is 3.57. The lowest BCUT2D eigenvalue weighted by atomic mass is 10.2. The highest BCUT2D eigenvalue weighted by molar-refractivity contribution is 5.95. The van der Waals surface area contributed by atoms with Crippen LogP contribution in [0.15, 0.2) is 24.3 Å². The zero-order valence-electron chi connectivity index (χ0n) is 9.18. The Hall–Kier alpha value is -1.30. The van der Waals surface area contributed by atoms with Crippen molar-refractivity contribution in [2.75, 3.05) is 25.0 Å². The van der Waals surface area contributed by atoms with E-state index < -0.39 is 6.10 Å². The van der Waals surface area contributed by atoms with E-state index in [1.165, 1.54) is 6.07 Å². The standard InChI is InChI=1S/C11H14N2O3.ClH/c14-9-4-2-1-3-8(9)13-11(15)10-7-12-5-6-16-10;/h1-4,10,12,14H,5-7H2,(H,13,15);1H. The van der Waals surface area contributed by atoms with Gasteiger partial charge < -0.3 is 20.5 Å². The summed E-state index contributed by atoms with van der Waals surface area (Å²) >= 11 is 0. The highest BCUT2D eigenvalue weighted by atomic mass is 35.5. The minimum absolute atomic E-state index is 0. The van der Waals surface area contributed by atoms with Gasteiger partial charge in [0.2, 0.25) is 0 Å². The molecule has 1 fully saturated rings. The first-order valence-corrected chi connectivity index (χ1v) is 5.18. The molecule has 3 N–H and O–H groups in total. The topological polar surface area (TPSA) is 70.6 Å². The number of aromatic hydroxyl groups is 1. The molecule has 94 valence electrons. The van der Waals surface area contributed by atoms with Crippen molar-refractivity contribution < 1.29 is 14.6 Å². The molecule has 5 nitrogen and oxygen atoms in total. The molecule has 1 aromatic carbocycles. The molecular formula is C11H15ClN2O3. The molecule has 1 aromatic rings. The zero-order chi connectivity index (χ0) is 11.4. The van der Waals surface area contributed by atoms with E-state index in [1.54, 1.807) is 18.2 Å². The van der Waals surface area contributed by atoms with E-state index in [9.17, 15) is 9.90 Å². The Morgan fingerprint density at radius 3 is 2.88 bits per heavy atom. The number of phenols is 1. The number of phenolic OH excluding ortho intramolecular Hbond substituents is 1. The molecule has 2 rings (SSSR count). The first kappa shape index (κ1) is 13.8. The number of hydrogen-bond donors (Lipinski definition) is 3. The molecule has 0 bridgehead atoms. The summed E-state index contributed by atoms with van der Waals surface area (Å²) in [6.45, 7) is 1.79. The Balaban J connectivity index is 0.00000144. The van der Waals surface area contributed by atoms with E-state index in [0.717, 1.165) is 6.54 Å². The predicted octanol–water partition coefficient (Wildman–Crippen LogP) is 0.741. The lowest BCUT2D eigenvalue weighted by molar-refractivity contribution is -0.128. The third kappa shape index (κ3) is 3.59. The highest BCUT2D eigenvalue weighted by Gasteiger charge is 2.22. The van der Waals surface area contributed by atoms with E-state index in [1.807, 2.05) is 0 Å². The zero-order valence-corrected chi connectivity index (χ0v) is 10.00. The Labute approximate surface area is 106 Å². The van der Waals surface area contributed by atoms with E-state index in [2.05, 4.69) is 10.6 Å². The van der Waals surface area contributed by atoms with Gasteiger partial charge in [0.1, 0.15) is 11.9 Å². The van der Waals surface area contributed by atoms with E-state index in [0.29, 0.717) is 18.8 Å². The summed E-state index contributed by atoms with van der Waals surface area (Å²) in [5.74, 6) is -0.187. The van der Waals surface area contributed by atoms with Gasteiger partial charge in [-0.2, -0.15) is 0 Å². The summed E-state index contributed by atoms with van der Waals surface area (Å²) in [5.41, 5.74) is 0.404. The number of ether oxygens (including phenoxy) is 1. The molecule has 17 heavy (non-hydrogen) atoms. The number of carbonyl (C=O) groups is 1. The Morgan fingerprint density at radius 2 is 2.24 bits per heavy atom. The molecule has 0 aliphatic carbocycles. The molecule has 1 aliphatic heterocycles. The number of morpholine rings is 1. The van der Waals surface area contributed by atoms with Crippen LogP contribution in [-0.4, -0.2) is 36.8 Å². The quantitative estimate of drug-likeness (QED) is 0.685. The van der Waals surface area contributed by atoms with Gasteiger partial charge in [0.25, 0.3) is 5.91 Å². The van der Waals surface area contributed by atoms with Crippen LogP contribution in [0.1, 0.15) is 0 Å². The third-order valence-electron chi connectivity index (χ3n) is 2.38. The van der Waals surface area contributed by atoms with Crippen LogP contribution in [0.5, 0.6) is 5.75 Å². The maximum absolute atomic E-state index is 11.7. The molecule has 0 saturated carbocycles. The molecular weight excluding hydrogens is 244 g/mol. The van der Waals surface area contributed by atoms with Crippen LogP contribution in [0, 0.1) is 0 Å². The fourth-order valence-corrected chi connectivity index (χ4v) is 1.53. The lowest BCUT2D eigenvalue weighted by Crippen LogP contribution is -2.45. The van der Waals surface area contributed by atoms with Crippen molar-refractivity contribution in [2.45, 2.75) is 6.10 Å². The average Bonchev–Trinajstić information content (AvgIpc) is 2.33. The molecule has 0 radical (unpaired) electrons. The predicted molar refractivity (Wildman–Crippen MR) is 66.6 cm³/mol. The average molecular weight is 259 g/mol. The molecule has 1 amide bonds. The second kappa shape index (κ2) is 6.44. The highest BCUT2D eigenvalue weighted by Crippen LogP contribution is 2.21. The van der Waals surface area contributed by atoms with Crippen LogP contribution in [-0.2, 0) is 9.53 Å².